The highest BCUT2D eigenvalue weighted by molar-refractivity contribution is 7.99. The number of rotatable bonds is 9. The first kappa shape index (κ1) is 19.3. The Hall–Kier alpha value is -2.06. The molecule has 0 atom stereocenters. The first-order chi connectivity index (χ1) is 12.0. The van der Waals surface area contributed by atoms with Gasteiger partial charge in [0.2, 0.25) is 5.91 Å². The Labute approximate surface area is 151 Å². The summed E-state index contributed by atoms with van der Waals surface area (Å²) in [6.07, 6.45) is 0.706. The zero-order chi connectivity index (χ0) is 18.2. The van der Waals surface area contributed by atoms with E-state index in [-0.39, 0.29) is 17.3 Å². The predicted octanol–water partition coefficient (Wildman–Crippen LogP) is 2.46. The molecule has 2 N–H and O–H groups in total. The molecule has 0 fully saturated rings. The minimum Gasteiger partial charge on any atom is -0.385 e. The van der Waals surface area contributed by atoms with Crippen LogP contribution in [0.5, 0.6) is 0 Å². The summed E-state index contributed by atoms with van der Waals surface area (Å²) in [7, 11) is 1.62. The Balaban J connectivity index is 1.92. The Morgan fingerprint density at radius 1 is 1.44 bits per heavy atom. The van der Waals surface area contributed by atoms with E-state index in [9.17, 15) is 9.59 Å². The number of hydrogen-bond acceptors (Lipinski definition) is 5. The van der Waals surface area contributed by atoms with Crippen molar-refractivity contribution in [2.45, 2.75) is 37.9 Å². The first-order valence-corrected chi connectivity index (χ1v) is 9.16. The molecule has 0 saturated heterocycles. The van der Waals surface area contributed by atoms with Crippen LogP contribution in [0.1, 0.15) is 31.7 Å². The molecule has 0 saturated carbocycles. The van der Waals surface area contributed by atoms with Crippen LogP contribution in [0.3, 0.4) is 0 Å². The summed E-state index contributed by atoms with van der Waals surface area (Å²) >= 11 is 1.23. The van der Waals surface area contributed by atoms with Crippen LogP contribution in [0.4, 0.5) is 5.69 Å². The van der Waals surface area contributed by atoms with Crippen LogP contribution in [-0.4, -0.2) is 40.1 Å². The smallest absolute Gasteiger partial charge is 0.343 e. The van der Waals surface area contributed by atoms with E-state index < -0.39 is 0 Å². The van der Waals surface area contributed by atoms with Crippen molar-refractivity contribution in [3.05, 3.63) is 40.3 Å². The van der Waals surface area contributed by atoms with Gasteiger partial charge in [0.25, 0.3) is 0 Å². The molecule has 25 heavy (non-hydrogen) atoms. The van der Waals surface area contributed by atoms with E-state index in [1.807, 2.05) is 24.3 Å². The number of carbonyl (C=O) groups is 1. The van der Waals surface area contributed by atoms with E-state index in [1.165, 1.54) is 21.9 Å². The van der Waals surface area contributed by atoms with Crippen molar-refractivity contribution in [2.24, 2.45) is 0 Å². The lowest BCUT2D eigenvalue weighted by atomic mass is 10.0. The molecule has 0 spiro atoms. The maximum Gasteiger partial charge on any atom is 0.343 e. The fraction of sp³-hybridized carbons (Fsp3) is 0.471. The van der Waals surface area contributed by atoms with Gasteiger partial charge in [0.05, 0.1) is 5.75 Å². The molecule has 1 heterocycles. The van der Waals surface area contributed by atoms with Gasteiger partial charge in [-0.05, 0) is 30.0 Å². The maximum atomic E-state index is 12.2. The Morgan fingerprint density at radius 2 is 2.24 bits per heavy atom. The highest BCUT2D eigenvalue weighted by atomic mass is 32.2. The van der Waals surface area contributed by atoms with Crippen LogP contribution in [-0.2, 0) is 16.1 Å². The van der Waals surface area contributed by atoms with Gasteiger partial charge in [-0.1, -0.05) is 37.7 Å². The van der Waals surface area contributed by atoms with Gasteiger partial charge in [-0.15, -0.1) is 5.10 Å². The summed E-state index contributed by atoms with van der Waals surface area (Å²) in [4.78, 5) is 23.9. The summed E-state index contributed by atoms with van der Waals surface area (Å²) in [6, 6.07) is 7.81. The number of nitrogens with zero attached hydrogens (tertiary/aromatic N) is 2. The van der Waals surface area contributed by atoms with Crippen molar-refractivity contribution in [2.75, 3.05) is 24.8 Å². The molecule has 7 nitrogen and oxygen atoms in total. The lowest BCUT2D eigenvalue weighted by Crippen LogP contribution is -2.19. The molecule has 2 aromatic rings. The summed E-state index contributed by atoms with van der Waals surface area (Å²) in [5.41, 5.74) is 1.67. The zero-order valence-corrected chi connectivity index (χ0v) is 15.6. The molecule has 0 radical (unpaired) electrons. The summed E-state index contributed by atoms with van der Waals surface area (Å²) in [5, 5.41) is 9.79. The van der Waals surface area contributed by atoms with Crippen molar-refractivity contribution in [3.63, 3.8) is 0 Å². The Kier molecular flexibility index (Phi) is 7.27. The summed E-state index contributed by atoms with van der Waals surface area (Å²) in [6.45, 7) is 5.28. The predicted molar refractivity (Wildman–Crippen MR) is 99.2 cm³/mol. The number of nitrogens with one attached hydrogen (secondary N) is 2. The highest BCUT2D eigenvalue weighted by Crippen LogP contribution is 2.19. The molecular formula is C17H24N4O3S. The molecule has 1 amide bonds. The molecule has 0 aliphatic heterocycles. The number of ether oxygens (including phenoxy) is 1. The third-order valence-corrected chi connectivity index (χ3v) is 4.60. The molecule has 8 heteroatoms. The summed E-state index contributed by atoms with van der Waals surface area (Å²) in [5.74, 6) is 0.446. The van der Waals surface area contributed by atoms with Crippen LogP contribution < -0.4 is 11.0 Å². The van der Waals surface area contributed by atoms with E-state index >= 15 is 0 Å². The molecule has 1 aromatic carbocycles. The minimum absolute atomic E-state index is 0.134. The second-order valence-corrected chi connectivity index (χ2v) is 6.87. The highest BCUT2D eigenvalue weighted by Gasteiger charge is 2.12. The minimum atomic E-state index is -0.274. The summed E-state index contributed by atoms with van der Waals surface area (Å²) < 4.78 is 6.52. The molecule has 0 unspecified atom stereocenters. The standard InChI is InChI=1S/C17H24N4O3S/c1-12(2)13-6-4-7-14(10-13)18-15(22)11-25-17-20-19-16(23)21(17)8-5-9-24-3/h4,6-7,10,12H,5,8-9,11H2,1-3H3,(H,18,22)(H,19,23). The molecular weight excluding hydrogens is 340 g/mol. The van der Waals surface area contributed by atoms with E-state index in [0.717, 1.165) is 5.69 Å². The number of methoxy groups -OCH3 is 1. The van der Waals surface area contributed by atoms with E-state index in [4.69, 9.17) is 4.74 Å². The number of thioether (sulfide) groups is 1. The van der Waals surface area contributed by atoms with Crippen LogP contribution in [0.25, 0.3) is 0 Å². The Morgan fingerprint density at radius 3 is 2.96 bits per heavy atom. The average Bonchev–Trinajstić information content (AvgIpc) is 2.94. The van der Waals surface area contributed by atoms with Gasteiger partial charge in [-0.25, -0.2) is 9.89 Å². The lowest BCUT2D eigenvalue weighted by molar-refractivity contribution is -0.113. The molecule has 0 bridgehead atoms. The van der Waals surface area contributed by atoms with Gasteiger partial charge in [-0.3, -0.25) is 9.36 Å². The molecule has 136 valence electrons. The van der Waals surface area contributed by atoms with Crippen molar-refractivity contribution in [1.29, 1.82) is 0 Å². The van der Waals surface area contributed by atoms with Crippen LogP contribution in [0.2, 0.25) is 0 Å². The van der Waals surface area contributed by atoms with Crippen molar-refractivity contribution < 1.29 is 9.53 Å². The molecule has 2 rings (SSSR count). The quantitative estimate of drug-likeness (QED) is 0.527. The topological polar surface area (TPSA) is 89.0 Å². The number of anilines is 1. The monoisotopic (exact) mass is 364 g/mol. The average molecular weight is 364 g/mol. The Bertz CT molecular complexity index is 754. The number of hydrogen-bond donors (Lipinski definition) is 2. The lowest BCUT2D eigenvalue weighted by Gasteiger charge is -2.09. The van der Waals surface area contributed by atoms with Crippen LogP contribution >= 0.6 is 11.8 Å². The number of carbonyl (C=O) groups excluding carboxylic acids is 1. The molecule has 1 aromatic heterocycles. The zero-order valence-electron chi connectivity index (χ0n) is 14.7. The van der Waals surface area contributed by atoms with Crippen molar-refractivity contribution in [1.82, 2.24) is 14.8 Å². The molecule has 0 aliphatic rings. The SMILES string of the molecule is COCCCn1c(SCC(=O)Nc2cccc(C(C)C)c2)n[nH]c1=O. The van der Waals surface area contributed by atoms with Gasteiger partial charge in [-0.2, -0.15) is 0 Å². The maximum absolute atomic E-state index is 12.2. The number of aromatic amines is 1. The van der Waals surface area contributed by atoms with Gasteiger partial charge in [0, 0.05) is 25.9 Å². The number of amides is 1. The second kappa shape index (κ2) is 9.43. The van der Waals surface area contributed by atoms with Crippen molar-refractivity contribution >= 4 is 23.4 Å². The largest absolute Gasteiger partial charge is 0.385 e. The van der Waals surface area contributed by atoms with Gasteiger partial charge in [0.15, 0.2) is 5.16 Å². The van der Waals surface area contributed by atoms with Gasteiger partial charge >= 0.3 is 5.69 Å². The van der Waals surface area contributed by atoms with Gasteiger partial charge < -0.3 is 10.1 Å². The van der Waals surface area contributed by atoms with Crippen molar-refractivity contribution in [3.8, 4) is 0 Å². The van der Waals surface area contributed by atoms with Crippen LogP contribution in [0.15, 0.2) is 34.2 Å². The van der Waals surface area contributed by atoms with E-state index in [2.05, 4.69) is 29.4 Å². The first-order valence-electron chi connectivity index (χ1n) is 8.18. The third kappa shape index (κ3) is 5.75. The fourth-order valence-electron chi connectivity index (χ4n) is 2.28. The van der Waals surface area contributed by atoms with Crippen LogP contribution in [0, 0.1) is 0 Å². The normalized spacial score (nSPS) is 11.0. The second-order valence-electron chi connectivity index (χ2n) is 5.93. The van der Waals surface area contributed by atoms with Gasteiger partial charge in [0.1, 0.15) is 0 Å². The van der Waals surface area contributed by atoms with E-state index in [0.29, 0.717) is 30.6 Å². The number of H-pyrrole nitrogens is 1. The number of aromatic nitrogens is 3. The van der Waals surface area contributed by atoms with E-state index in [1.54, 1.807) is 7.11 Å². The molecule has 0 aliphatic carbocycles. The fourth-order valence-corrected chi connectivity index (χ4v) is 3.05. The third-order valence-electron chi connectivity index (χ3n) is 3.62. The number of benzene rings is 1.